The van der Waals surface area contributed by atoms with Gasteiger partial charge in [-0.2, -0.15) is 0 Å². The molecule has 228 valence electrons. The number of hydrogen-bond acceptors (Lipinski definition) is 9. The van der Waals surface area contributed by atoms with E-state index in [0.29, 0.717) is 28.4 Å². The molecule has 4 rings (SSSR count). The van der Waals surface area contributed by atoms with Gasteiger partial charge in [-0.15, -0.1) is 23.1 Å². The number of para-hydroxylation sites is 1. The van der Waals surface area contributed by atoms with Crippen molar-refractivity contribution in [3.05, 3.63) is 94.4 Å². The van der Waals surface area contributed by atoms with E-state index in [4.69, 9.17) is 14.2 Å². The minimum absolute atomic E-state index is 0.00247. The zero-order valence-corrected chi connectivity index (χ0v) is 26.1. The van der Waals surface area contributed by atoms with Crippen LogP contribution in [-0.4, -0.2) is 50.3 Å². The van der Waals surface area contributed by atoms with Gasteiger partial charge in [0.2, 0.25) is 5.91 Å². The van der Waals surface area contributed by atoms with E-state index < -0.39 is 17.8 Å². The molecule has 0 atom stereocenters. The van der Waals surface area contributed by atoms with Crippen molar-refractivity contribution >= 4 is 63.2 Å². The number of carbonyl (C=O) groups excluding carboxylic acids is 4. The van der Waals surface area contributed by atoms with E-state index >= 15 is 0 Å². The molecule has 0 saturated carbocycles. The summed E-state index contributed by atoms with van der Waals surface area (Å²) in [6.07, 6.45) is 0. The average Bonchev–Trinajstić information content (AvgIpc) is 3.35. The quantitative estimate of drug-likeness (QED) is 0.119. The number of benzene rings is 3. The molecule has 0 bridgehead atoms. The largest absolute Gasteiger partial charge is 0.496 e. The highest BCUT2D eigenvalue weighted by atomic mass is 32.2. The molecule has 1 heterocycles. The number of rotatable bonds is 12. The molecule has 0 aliphatic carbocycles. The molecule has 0 unspecified atom stereocenters. The number of ether oxygens (including phenoxy) is 3. The van der Waals surface area contributed by atoms with Gasteiger partial charge in [-0.3, -0.25) is 14.4 Å². The SMILES string of the molecule is CCOC(=O)c1c(NC(=O)CSc2cccc(NC(=O)c3c(OC)cccc3OC)c2)sc(C(=O)Nc2ccccc2)c1C. The van der Waals surface area contributed by atoms with Gasteiger partial charge < -0.3 is 30.2 Å². The Morgan fingerprint density at radius 1 is 0.773 bits per heavy atom. The summed E-state index contributed by atoms with van der Waals surface area (Å²) in [5, 5.41) is 8.66. The van der Waals surface area contributed by atoms with Gasteiger partial charge in [0.05, 0.1) is 37.0 Å². The van der Waals surface area contributed by atoms with Crippen LogP contribution in [-0.2, 0) is 9.53 Å². The van der Waals surface area contributed by atoms with Gasteiger partial charge in [0.1, 0.15) is 22.1 Å². The highest BCUT2D eigenvalue weighted by Crippen LogP contribution is 2.35. The molecule has 0 spiro atoms. The second kappa shape index (κ2) is 15.1. The molecule has 0 fully saturated rings. The van der Waals surface area contributed by atoms with Crippen molar-refractivity contribution in [2.45, 2.75) is 18.7 Å². The van der Waals surface area contributed by atoms with Gasteiger partial charge in [-0.1, -0.05) is 30.3 Å². The van der Waals surface area contributed by atoms with E-state index in [1.807, 2.05) is 12.1 Å². The second-order valence-electron chi connectivity index (χ2n) is 9.16. The van der Waals surface area contributed by atoms with Gasteiger partial charge in [-0.25, -0.2) is 4.79 Å². The number of thiophene rings is 1. The van der Waals surface area contributed by atoms with E-state index in [2.05, 4.69) is 16.0 Å². The third kappa shape index (κ3) is 7.77. The highest BCUT2D eigenvalue weighted by Gasteiger charge is 2.27. The number of methoxy groups -OCH3 is 2. The van der Waals surface area contributed by atoms with Crippen LogP contribution in [0.25, 0.3) is 0 Å². The van der Waals surface area contributed by atoms with Gasteiger partial charge in [0.25, 0.3) is 11.8 Å². The summed E-state index contributed by atoms with van der Waals surface area (Å²) < 4.78 is 15.9. The Morgan fingerprint density at radius 3 is 2.07 bits per heavy atom. The fourth-order valence-corrected chi connectivity index (χ4v) is 6.08. The molecule has 10 nitrogen and oxygen atoms in total. The van der Waals surface area contributed by atoms with Crippen molar-refractivity contribution in [1.29, 1.82) is 0 Å². The molecular weight excluding hydrogens is 603 g/mol. The molecule has 3 amide bonds. The van der Waals surface area contributed by atoms with Crippen LogP contribution in [0.5, 0.6) is 11.5 Å². The molecule has 0 aliphatic rings. The van der Waals surface area contributed by atoms with Crippen LogP contribution in [0.3, 0.4) is 0 Å². The summed E-state index contributed by atoms with van der Waals surface area (Å²) in [5.74, 6) is -1.08. The highest BCUT2D eigenvalue weighted by molar-refractivity contribution is 8.00. The fourth-order valence-electron chi connectivity index (χ4n) is 4.22. The van der Waals surface area contributed by atoms with Crippen molar-refractivity contribution < 1.29 is 33.4 Å². The molecule has 3 aromatic carbocycles. The summed E-state index contributed by atoms with van der Waals surface area (Å²) in [7, 11) is 2.95. The topological polar surface area (TPSA) is 132 Å². The molecular formula is C32H31N3O7S2. The minimum Gasteiger partial charge on any atom is -0.496 e. The first-order valence-corrected chi connectivity index (χ1v) is 15.3. The van der Waals surface area contributed by atoms with Crippen LogP contribution in [0.2, 0.25) is 0 Å². The third-order valence-electron chi connectivity index (χ3n) is 6.23. The van der Waals surface area contributed by atoms with Crippen LogP contribution >= 0.6 is 23.1 Å². The summed E-state index contributed by atoms with van der Waals surface area (Å²) in [5.41, 5.74) is 1.94. The Morgan fingerprint density at radius 2 is 1.41 bits per heavy atom. The minimum atomic E-state index is -0.627. The average molecular weight is 634 g/mol. The van der Waals surface area contributed by atoms with Crippen molar-refractivity contribution in [2.24, 2.45) is 0 Å². The fraction of sp³-hybridized carbons (Fsp3) is 0.188. The number of esters is 1. The van der Waals surface area contributed by atoms with E-state index in [1.54, 1.807) is 74.5 Å². The summed E-state index contributed by atoms with van der Waals surface area (Å²) in [6, 6.07) is 21.0. The number of anilines is 3. The molecule has 0 radical (unpaired) electrons. The zero-order chi connectivity index (χ0) is 31.6. The van der Waals surface area contributed by atoms with Crippen LogP contribution < -0.4 is 25.4 Å². The molecule has 44 heavy (non-hydrogen) atoms. The number of carbonyl (C=O) groups is 4. The lowest BCUT2D eigenvalue weighted by Crippen LogP contribution is -2.16. The van der Waals surface area contributed by atoms with Crippen molar-refractivity contribution in [3.63, 3.8) is 0 Å². The van der Waals surface area contributed by atoms with Crippen molar-refractivity contribution in [1.82, 2.24) is 0 Å². The predicted octanol–water partition coefficient (Wildman–Crippen LogP) is 6.49. The van der Waals surface area contributed by atoms with E-state index in [1.165, 1.54) is 26.0 Å². The first-order valence-electron chi connectivity index (χ1n) is 13.5. The lowest BCUT2D eigenvalue weighted by atomic mass is 10.1. The molecule has 1 aromatic heterocycles. The van der Waals surface area contributed by atoms with Crippen LogP contribution in [0.4, 0.5) is 16.4 Å². The van der Waals surface area contributed by atoms with Gasteiger partial charge in [0, 0.05) is 16.3 Å². The lowest BCUT2D eigenvalue weighted by Gasteiger charge is -2.13. The van der Waals surface area contributed by atoms with Gasteiger partial charge >= 0.3 is 5.97 Å². The Hall–Kier alpha value is -4.81. The van der Waals surface area contributed by atoms with E-state index in [-0.39, 0.29) is 39.3 Å². The van der Waals surface area contributed by atoms with Crippen LogP contribution in [0, 0.1) is 6.92 Å². The third-order valence-corrected chi connectivity index (χ3v) is 8.43. The van der Waals surface area contributed by atoms with Gasteiger partial charge in [-0.05, 0) is 61.9 Å². The van der Waals surface area contributed by atoms with Crippen molar-refractivity contribution in [2.75, 3.05) is 42.5 Å². The standard InChI is InChI=1S/C32H31N3O7S2/c1-5-42-32(39)26-19(2)28(30(38)33-20-11-7-6-8-12-20)44-31(26)35-25(36)18-43-22-14-9-13-21(17-22)34-29(37)27-23(40-3)15-10-16-24(27)41-4/h6-17H,5,18H2,1-4H3,(H,33,38)(H,34,37)(H,35,36). The molecule has 0 aliphatic heterocycles. The maximum absolute atomic E-state index is 13.1. The summed E-state index contributed by atoms with van der Waals surface area (Å²) in [4.78, 5) is 52.9. The Balaban J connectivity index is 1.46. The maximum Gasteiger partial charge on any atom is 0.341 e. The van der Waals surface area contributed by atoms with Gasteiger partial charge in [0.15, 0.2) is 0 Å². The number of thioether (sulfide) groups is 1. The molecule has 0 saturated heterocycles. The summed E-state index contributed by atoms with van der Waals surface area (Å²) >= 11 is 2.25. The maximum atomic E-state index is 13.1. The van der Waals surface area contributed by atoms with E-state index in [9.17, 15) is 19.2 Å². The number of nitrogens with one attached hydrogen (secondary N) is 3. The predicted molar refractivity (Wildman–Crippen MR) is 173 cm³/mol. The Bertz CT molecular complexity index is 1650. The number of hydrogen-bond donors (Lipinski definition) is 3. The first-order chi connectivity index (χ1) is 21.2. The Labute approximate surface area is 263 Å². The summed E-state index contributed by atoms with van der Waals surface area (Å²) in [6.45, 7) is 3.47. The normalized spacial score (nSPS) is 10.5. The number of amides is 3. The van der Waals surface area contributed by atoms with Crippen LogP contribution in [0.1, 0.15) is 42.9 Å². The molecule has 3 N–H and O–H groups in total. The molecule has 12 heteroatoms. The second-order valence-corrected chi connectivity index (χ2v) is 11.2. The monoisotopic (exact) mass is 633 g/mol. The van der Waals surface area contributed by atoms with E-state index in [0.717, 1.165) is 16.2 Å². The molecule has 4 aromatic rings. The Kier molecular flexibility index (Phi) is 11.0. The lowest BCUT2D eigenvalue weighted by molar-refractivity contribution is -0.113. The zero-order valence-electron chi connectivity index (χ0n) is 24.5. The van der Waals surface area contributed by atoms with Crippen molar-refractivity contribution in [3.8, 4) is 11.5 Å². The van der Waals surface area contributed by atoms with Crippen LogP contribution in [0.15, 0.2) is 77.7 Å². The smallest absolute Gasteiger partial charge is 0.341 e. The first kappa shape index (κ1) is 32.1.